The van der Waals surface area contributed by atoms with Gasteiger partial charge in [0, 0.05) is 11.1 Å². The fraction of sp³-hybridized carbons (Fsp3) is 0.222. The molecular weight excluding hydrogens is 406 g/mol. The highest BCUT2D eigenvalue weighted by Crippen LogP contribution is 2.36. The highest BCUT2D eigenvalue weighted by atomic mass is 35.5. The second-order valence-corrected chi connectivity index (χ2v) is 7.76. The molecule has 0 spiro atoms. The number of benzene rings is 2. The summed E-state index contributed by atoms with van der Waals surface area (Å²) in [6.07, 6.45) is 0. The van der Waals surface area contributed by atoms with Crippen molar-refractivity contribution >= 4 is 49.9 Å². The second-order valence-electron chi connectivity index (χ2n) is 6.29. The number of nitrogens with zero attached hydrogens (tertiary/aromatic N) is 2. The number of anilines is 1. The minimum absolute atomic E-state index is 0.114. The standard InChI is InChI=1S/C18H16ClN3O5S/c1-18(2,27-12-6-4-10(19)5-7-12)16(23)21-17-20-15-13(26-3)8-11(22(24)25)9-14(15)28-17/h4-9H,1-3H3,(H,20,21,23). The van der Waals surface area contributed by atoms with Crippen LogP contribution >= 0.6 is 22.9 Å². The molecule has 3 rings (SSSR count). The van der Waals surface area contributed by atoms with E-state index in [4.69, 9.17) is 21.1 Å². The average molecular weight is 422 g/mol. The number of carbonyl (C=O) groups excluding carboxylic acids is 1. The molecule has 0 aliphatic carbocycles. The smallest absolute Gasteiger partial charge is 0.274 e. The molecule has 2 aromatic carbocycles. The molecule has 0 aliphatic heterocycles. The fourth-order valence-electron chi connectivity index (χ4n) is 2.39. The number of aromatic nitrogens is 1. The van der Waals surface area contributed by atoms with Crippen LogP contribution < -0.4 is 14.8 Å². The summed E-state index contributed by atoms with van der Waals surface area (Å²) in [6.45, 7) is 3.24. The van der Waals surface area contributed by atoms with Gasteiger partial charge in [-0.1, -0.05) is 22.9 Å². The molecule has 0 bridgehead atoms. The molecule has 1 aromatic heterocycles. The maximum Gasteiger partial charge on any atom is 0.274 e. The van der Waals surface area contributed by atoms with E-state index in [0.717, 1.165) is 11.3 Å². The van der Waals surface area contributed by atoms with Crippen molar-refractivity contribution in [3.63, 3.8) is 0 Å². The van der Waals surface area contributed by atoms with E-state index < -0.39 is 16.4 Å². The predicted octanol–water partition coefficient (Wildman–Crippen LogP) is 4.66. The van der Waals surface area contributed by atoms with E-state index in [1.54, 1.807) is 38.1 Å². The molecule has 10 heteroatoms. The molecule has 1 amide bonds. The number of hydrogen-bond acceptors (Lipinski definition) is 7. The molecule has 0 aliphatic rings. The Morgan fingerprint density at radius 1 is 1.29 bits per heavy atom. The Morgan fingerprint density at radius 3 is 2.57 bits per heavy atom. The molecule has 28 heavy (non-hydrogen) atoms. The number of thiazole rings is 1. The van der Waals surface area contributed by atoms with E-state index >= 15 is 0 Å². The third kappa shape index (κ3) is 4.15. The Morgan fingerprint density at radius 2 is 1.96 bits per heavy atom. The van der Waals surface area contributed by atoms with Gasteiger partial charge in [-0.3, -0.25) is 20.2 Å². The minimum atomic E-state index is -1.19. The molecule has 0 radical (unpaired) electrons. The van der Waals surface area contributed by atoms with Crippen molar-refractivity contribution in [2.45, 2.75) is 19.4 Å². The van der Waals surface area contributed by atoms with Gasteiger partial charge in [0.1, 0.15) is 11.3 Å². The zero-order chi connectivity index (χ0) is 20.5. The van der Waals surface area contributed by atoms with Crippen molar-refractivity contribution in [1.29, 1.82) is 0 Å². The van der Waals surface area contributed by atoms with E-state index in [0.29, 0.717) is 21.0 Å². The number of methoxy groups -OCH3 is 1. The number of nitro groups is 1. The largest absolute Gasteiger partial charge is 0.494 e. The number of hydrogen-bond donors (Lipinski definition) is 1. The molecule has 1 N–H and O–H groups in total. The predicted molar refractivity (Wildman–Crippen MR) is 108 cm³/mol. The first-order valence-electron chi connectivity index (χ1n) is 8.08. The van der Waals surface area contributed by atoms with Crippen LogP contribution in [0.4, 0.5) is 10.8 Å². The number of halogens is 1. The number of carbonyl (C=O) groups is 1. The highest BCUT2D eigenvalue weighted by molar-refractivity contribution is 7.22. The molecule has 0 saturated heterocycles. The number of fused-ring (bicyclic) bond motifs is 1. The number of amides is 1. The first kappa shape index (κ1) is 19.8. The van der Waals surface area contributed by atoms with Crippen LogP contribution in [0.3, 0.4) is 0 Å². The monoisotopic (exact) mass is 421 g/mol. The lowest BCUT2D eigenvalue weighted by atomic mass is 10.1. The number of ether oxygens (including phenoxy) is 2. The van der Waals surface area contributed by atoms with E-state index in [1.165, 1.54) is 19.2 Å². The van der Waals surface area contributed by atoms with E-state index in [-0.39, 0.29) is 16.6 Å². The molecule has 1 heterocycles. The summed E-state index contributed by atoms with van der Waals surface area (Å²) in [6, 6.07) is 9.34. The molecule has 146 valence electrons. The summed E-state index contributed by atoms with van der Waals surface area (Å²) in [5, 5.41) is 14.6. The second kappa shape index (κ2) is 7.61. The first-order chi connectivity index (χ1) is 13.2. The summed E-state index contributed by atoms with van der Waals surface area (Å²) in [5.74, 6) is 0.332. The zero-order valence-corrected chi connectivity index (χ0v) is 16.8. The van der Waals surface area contributed by atoms with Gasteiger partial charge in [0.15, 0.2) is 16.5 Å². The van der Waals surface area contributed by atoms with Crippen molar-refractivity contribution in [2.24, 2.45) is 0 Å². The third-order valence-electron chi connectivity index (χ3n) is 3.83. The van der Waals surface area contributed by atoms with Gasteiger partial charge < -0.3 is 9.47 Å². The van der Waals surface area contributed by atoms with Gasteiger partial charge in [-0.05, 0) is 38.1 Å². The minimum Gasteiger partial charge on any atom is -0.494 e. The normalized spacial score (nSPS) is 11.3. The van der Waals surface area contributed by atoms with Gasteiger partial charge in [0.2, 0.25) is 0 Å². The summed E-state index contributed by atoms with van der Waals surface area (Å²) in [7, 11) is 1.40. The summed E-state index contributed by atoms with van der Waals surface area (Å²) in [4.78, 5) is 27.6. The lowest BCUT2D eigenvalue weighted by molar-refractivity contribution is -0.384. The van der Waals surface area contributed by atoms with Crippen molar-refractivity contribution in [3.8, 4) is 11.5 Å². The van der Waals surface area contributed by atoms with Crippen molar-refractivity contribution in [1.82, 2.24) is 4.98 Å². The van der Waals surface area contributed by atoms with E-state index in [2.05, 4.69) is 10.3 Å². The van der Waals surface area contributed by atoms with Crippen LogP contribution in [0, 0.1) is 10.1 Å². The van der Waals surface area contributed by atoms with Crippen LogP contribution in [0.25, 0.3) is 10.2 Å². The van der Waals surface area contributed by atoms with Crippen LogP contribution in [0.1, 0.15) is 13.8 Å². The summed E-state index contributed by atoms with van der Waals surface area (Å²) in [5.41, 5.74) is -0.871. The number of nitrogens with one attached hydrogen (secondary N) is 1. The molecule has 3 aromatic rings. The maximum absolute atomic E-state index is 12.7. The zero-order valence-electron chi connectivity index (χ0n) is 15.2. The Balaban J connectivity index is 1.83. The van der Waals surface area contributed by atoms with E-state index in [9.17, 15) is 14.9 Å². The van der Waals surface area contributed by atoms with Gasteiger partial charge >= 0.3 is 0 Å². The van der Waals surface area contributed by atoms with Crippen LogP contribution in [0.15, 0.2) is 36.4 Å². The van der Waals surface area contributed by atoms with Gasteiger partial charge in [0.25, 0.3) is 11.6 Å². The quantitative estimate of drug-likeness (QED) is 0.458. The third-order valence-corrected chi connectivity index (χ3v) is 5.00. The fourth-order valence-corrected chi connectivity index (χ4v) is 3.43. The molecule has 0 fully saturated rings. The van der Waals surface area contributed by atoms with Crippen molar-refractivity contribution in [3.05, 3.63) is 51.5 Å². The van der Waals surface area contributed by atoms with Gasteiger partial charge in [-0.25, -0.2) is 4.98 Å². The summed E-state index contributed by atoms with van der Waals surface area (Å²) >= 11 is 6.96. The van der Waals surface area contributed by atoms with Crippen molar-refractivity contribution < 1.29 is 19.2 Å². The average Bonchev–Trinajstić information content (AvgIpc) is 3.04. The van der Waals surface area contributed by atoms with Gasteiger partial charge in [0.05, 0.1) is 22.8 Å². The highest BCUT2D eigenvalue weighted by Gasteiger charge is 2.31. The molecular formula is C18H16ClN3O5S. The summed E-state index contributed by atoms with van der Waals surface area (Å²) < 4.78 is 11.5. The Bertz CT molecular complexity index is 1050. The number of non-ortho nitro benzene ring substituents is 1. The lowest BCUT2D eigenvalue weighted by Gasteiger charge is -2.24. The van der Waals surface area contributed by atoms with Gasteiger partial charge in [-0.15, -0.1) is 0 Å². The number of nitro benzene ring substituents is 1. The van der Waals surface area contributed by atoms with Crippen LogP contribution in [0.2, 0.25) is 5.02 Å². The van der Waals surface area contributed by atoms with Crippen LogP contribution in [0.5, 0.6) is 11.5 Å². The van der Waals surface area contributed by atoms with Crippen LogP contribution in [-0.2, 0) is 4.79 Å². The van der Waals surface area contributed by atoms with Crippen molar-refractivity contribution in [2.75, 3.05) is 12.4 Å². The molecule has 0 unspecified atom stereocenters. The Hall–Kier alpha value is -2.91. The van der Waals surface area contributed by atoms with Crippen LogP contribution in [-0.4, -0.2) is 28.5 Å². The van der Waals surface area contributed by atoms with Gasteiger partial charge in [-0.2, -0.15) is 0 Å². The topological polar surface area (TPSA) is 104 Å². The molecule has 8 nitrogen and oxygen atoms in total. The Labute approximate surface area is 169 Å². The lowest BCUT2D eigenvalue weighted by Crippen LogP contribution is -2.42. The number of rotatable bonds is 6. The molecule has 0 saturated carbocycles. The maximum atomic E-state index is 12.7. The van der Waals surface area contributed by atoms with E-state index in [1.807, 2.05) is 0 Å². The SMILES string of the molecule is COc1cc([N+](=O)[O-])cc2sc(NC(=O)C(C)(C)Oc3ccc(Cl)cc3)nc12. The molecule has 0 atom stereocenters. The first-order valence-corrected chi connectivity index (χ1v) is 9.28. The Kier molecular flexibility index (Phi) is 5.39.